The molecular weight excluding hydrogens is 818 g/mol. The molecule has 8 rings (SSSR count). The van der Waals surface area contributed by atoms with E-state index in [4.69, 9.17) is 15.0 Å². The fraction of sp³-hybridized carbons (Fsp3) is 0.261. The van der Waals surface area contributed by atoms with Crippen LogP contribution in [-0.2, 0) is 37.3 Å². The van der Waals surface area contributed by atoms with E-state index in [9.17, 15) is 0 Å². The molecule has 0 bridgehead atoms. The average molecular weight is 863 g/mol. The Hall–Kier alpha value is -4.73. The van der Waals surface area contributed by atoms with Crippen molar-refractivity contribution in [1.29, 1.82) is 0 Å². The Balaban J connectivity index is 0.00000420. The summed E-state index contributed by atoms with van der Waals surface area (Å²) in [5.74, 6) is 1.74. The van der Waals surface area contributed by atoms with E-state index in [-0.39, 0.29) is 37.3 Å². The minimum absolute atomic E-state index is 0. The fourth-order valence-corrected chi connectivity index (χ4v) is 6.94. The Morgan fingerprint density at radius 3 is 1.94 bits per heavy atom. The van der Waals surface area contributed by atoms with Gasteiger partial charge in [-0.05, 0) is 57.0 Å². The van der Waals surface area contributed by atoms with Crippen molar-refractivity contribution in [3.05, 3.63) is 132 Å². The third kappa shape index (κ3) is 6.24. The monoisotopic (exact) mass is 862 g/mol. The second-order valence-electron chi connectivity index (χ2n) is 16.9. The second-order valence-corrected chi connectivity index (χ2v) is 16.9. The van der Waals surface area contributed by atoms with E-state index in [1.54, 1.807) is 0 Å². The van der Waals surface area contributed by atoms with E-state index in [1.165, 1.54) is 16.5 Å². The van der Waals surface area contributed by atoms with Crippen LogP contribution in [-0.4, -0.2) is 19.1 Å². The Morgan fingerprint density at radius 2 is 1.25 bits per heavy atom. The van der Waals surface area contributed by atoms with Crippen LogP contribution in [0.4, 0.5) is 0 Å². The summed E-state index contributed by atoms with van der Waals surface area (Å²) in [4.78, 5) is 15.8. The molecule has 0 aliphatic heterocycles. The summed E-state index contributed by atoms with van der Waals surface area (Å²) < 4.78 is 4.48. The molecule has 264 valence electrons. The van der Waals surface area contributed by atoms with E-state index in [2.05, 4.69) is 175 Å². The molecule has 4 aromatic carbocycles. The van der Waals surface area contributed by atoms with Crippen LogP contribution in [0.25, 0.3) is 67.1 Å². The molecule has 52 heavy (non-hydrogen) atoms. The molecule has 0 N–H and O–H groups in total. The summed E-state index contributed by atoms with van der Waals surface area (Å²) in [6.45, 7) is 20.2. The molecule has 0 radical (unpaired) electrons. The molecule has 4 aromatic heterocycles. The van der Waals surface area contributed by atoms with Crippen molar-refractivity contribution in [2.75, 3.05) is 0 Å². The first-order valence-corrected chi connectivity index (χ1v) is 17.9. The Bertz CT molecular complexity index is 2580. The molecule has 0 saturated carbocycles. The largest absolute Gasteiger partial charge is 2.00 e. The van der Waals surface area contributed by atoms with Gasteiger partial charge in [-0.15, -0.1) is 23.8 Å². The molecule has 8 aromatic rings. The average Bonchev–Trinajstić information content (AvgIpc) is 3.81. The number of rotatable bonds is 4. The third-order valence-electron chi connectivity index (χ3n) is 9.93. The smallest absolute Gasteiger partial charge is 0.439 e. The van der Waals surface area contributed by atoms with Crippen LogP contribution in [0.5, 0.6) is 0 Å². The molecule has 0 atom stereocenters. The number of fused-ring (bicyclic) bond motifs is 4. The molecule has 0 aliphatic carbocycles. The van der Waals surface area contributed by atoms with E-state index >= 15 is 0 Å². The van der Waals surface area contributed by atoms with Gasteiger partial charge in [-0.3, -0.25) is 9.97 Å². The van der Waals surface area contributed by atoms with Crippen LogP contribution in [0.2, 0.25) is 0 Å². The topological polar surface area (TPSA) is 49.7 Å². The molecule has 0 fully saturated rings. The fourth-order valence-electron chi connectivity index (χ4n) is 6.94. The summed E-state index contributed by atoms with van der Waals surface area (Å²) in [6.07, 6.45) is 0. The van der Waals surface area contributed by atoms with Crippen molar-refractivity contribution in [3.63, 3.8) is 0 Å². The maximum absolute atomic E-state index is 5.47. The van der Waals surface area contributed by atoms with E-state index in [0.717, 1.165) is 67.4 Å². The molecule has 0 amide bonds. The quantitative estimate of drug-likeness (QED) is 0.166. The maximum Gasteiger partial charge on any atom is 2.00 e. The molecular formula is C46H45N5Pt. The SMILES string of the molecule is CC(C)(C)c1cc(-c2ccc3c4cc(C(C)(C)C)ccc4n(-c4ccc(C(C)(C)C)[n-]4)c3n2)[c-]c(-c2nc3ccccc3n2-c2ccccc2)c1.[Pt+2]. The second kappa shape index (κ2) is 12.7. The van der Waals surface area contributed by atoms with Crippen molar-refractivity contribution in [2.24, 2.45) is 0 Å². The summed E-state index contributed by atoms with van der Waals surface area (Å²) >= 11 is 0. The number of aromatic nitrogens is 5. The van der Waals surface area contributed by atoms with Gasteiger partial charge < -0.3 is 14.1 Å². The van der Waals surface area contributed by atoms with E-state index < -0.39 is 0 Å². The number of nitrogens with zero attached hydrogens (tertiary/aromatic N) is 5. The van der Waals surface area contributed by atoms with Gasteiger partial charge in [0.15, 0.2) is 0 Å². The number of hydrogen-bond acceptors (Lipinski definition) is 2. The van der Waals surface area contributed by atoms with Crippen LogP contribution < -0.4 is 4.98 Å². The molecule has 0 saturated heterocycles. The standard InChI is InChI=1S/C46H45N5.Pt/c1-44(2,3)31-19-22-38-35(28-31)34-20-21-36(47-43(34)51(38)41-24-23-40(49-41)46(7,8)9)29-25-30(27-32(26-29)45(4,5)6)42-48-37-17-13-14-18-39(37)50(42)33-15-11-10-12-16-33;/h10-24,26-28H,1-9H3;/q-2;+2. The number of imidazole rings is 1. The van der Waals surface area contributed by atoms with Crippen molar-refractivity contribution in [3.8, 4) is 34.2 Å². The molecule has 0 spiro atoms. The van der Waals surface area contributed by atoms with Crippen LogP contribution in [0.15, 0.2) is 109 Å². The molecule has 0 aliphatic rings. The number of para-hydroxylation sites is 3. The van der Waals surface area contributed by atoms with Gasteiger partial charge in [-0.2, -0.15) is 0 Å². The summed E-state index contributed by atoms with van der Waals surface area (Å²) in [5, 5.41) is 2.29. The van der Waals surface area contributed by atoms with Gasteiger partial charge in [-0.1, -0.05) is 158 Å². The Morgan fingerprint density at radius 1 is 0.558 bits per heavy atom. The number of hydrogen-bond donors (Lipinski definition) is 0. The first-order chi connectivity index (χ1) is 24.2. The van der Waals surface area contributed by atoms with Crippen LogP contribution >= 0.6 is 0 Å². The Labute approximate surface area is 321 Å². The normalized spacial score (nSPS) is 12.6. The van der Waals surface area contributed by atoms with Crippen molar-refractivity contribution in [1.82, 2.24) is 24.1 Å². The van der Waals surface area contributed by atoms with Gasteiger partial charge in [0.2, 0.25) is 0 Å². The maximum atomic E-state index is 5.47. The van der Waals surface area contributed by atoms with E-state index in [1.807, 2.05) is 12.1 Å². The molecule has 4 heterocycles. The summed E-state index contributed by atoms with van der Waals surface area (Å²) in [5.41, 5.74) is 11.2. The number of benzene rings is 4. The van der Waals surface area contributed by atoms with Gasteiger partial charge in [0.25, 0.3) is 0 Å². The third-order valence-corrected chi connectivity index (χ3v) is 9.93. The van der Waals surface area contributed by atoms with Gasteiger partial charge in [0.1, 0.15) is 0 Å². The minimum Gasteiger partial charge on any atom is -0.439 e. The molecule has 6 heteroatoms. The van der Waals surface area contributed by atoms with Gasteiger partial charge in [-0.25, -0.2) is 0 Å². The van der Waals surface area contributed by atoms with Crippen molar-refractivity contribution in [2.45, 2.75) is 78.6 Å². The number of pyridine rings is 1. The van der Waals surface area contributed by atoms with Gasteiger partial charge in [0.05, 0.1) is 22.5 Å². The van der Waals surface area contributed by atoms with Gasteiger partial charge in [0, 0.05) is 16.8 Å². The molecule has 5 nitrogen and oxygen atoms in total. The predicted molar refractivity (Wildman–Crippen MR) is 212 cm³/mol. The zero-order valence-electron chi connectivity index (χ0n) is 31.4. The predicted octanol–water partition coefficient (Wildman–Crippen LogP) is 11.5. The summed E-state index contributed by atoms with van der Waals surface area (Å²) in [6, 6.07) is 42.6. The first kappa shape index (κ1) is 35.7. The minimum atomic E-state index is -0.118. The zero-order valence-corrected chi connectivity index (χ0v) is 33.7. The molecule has 0 unspecified atom stereocenters. The summed E-state index contributed by atoms with van der Waals surface area (Å²) in [7, 11) is 0. The van der Waals surface area contributed by atoms with Crippen LogP contribution in [0.1, 0.15) is 79.1 Å². The Kier molecular flexibility index (Phi) is 8.74. The van der Waals surface area contributed by atoms with Gasteiger partial charge >= 0.3 is 21.1 Å². The first-order valence-electron chi connectivity index (χ1n) is 17.9. The van der Waals surface area contributed by atoms with Crippen LogP contribution in [0.3, 0.4) is 0 Å². The zero-order chi connectivity index (χ0) is 35.9. The van der Waals surface area contributed by atoms with Crippen LogP contribution in [0, 0.1) is 6.07 Å². The van der Waals surface area contributed by atoms with Crippen molar-refractivity contribution >= 4 is 33.0 Å². The van der Waals surface area contributed by atoms with E-state index in [0.29, 0.717) is 0 Å². The van der Waals surface area contributed by atoms with Crippen molar-refractivity contribution < 1.29 is 21.1 Å².